The molecule has 4 aliphatic rings. The Bertz CT molecular complexity index is 3510. The Labute approximate surface area is 503 Å². The van der Waals surface area contributed by atoms with Gasteiger partial charge in [-0.3, -0.25) is 47.4 Å². The van der Waals surface area contributed by atoms with Gasteiger partial charge in [0.15, 0.2) is 25.3 Å². The van der Waals surface area contributed by atoms with Gasteiger partial charge in [0.1, 0.15) is 60.3 Å². The minimum Gasteiger partial charge on any atom is -0.497 e. The number of phosphoric acid groups is 1. The molecule has 7 atom stereocenters. The molecule has 3 aromatic heterocycles. The summed E-state index contributed by atoms with van der Waals surface area (Å²) in [5.41, 5.74) is 0.536. The second-order valence-corrected chi connectivity index (χ2v) is 30.0. The molecule has 10 rings (SSSR count). The highest BCUT2D eigenvalue weighted by Gasteiger charge is 2.49. The first kappa shape index (κ1) is 62.9. The number of nitrogens with zero attached hydrogens (tertiary/aromatic N) is 5. The summed E-state index contributed by atoms with van der Waals surface area (Å²) in [5, 5.41) is 14.5. The van der Waals surface area contributed by atoms with Crippen LogP contribution in [-0.2, 0) is 63.1 Å². The Hall–Kier alpha value is -7.13. The Morgan fingerprint density at radius 2 is 1.47 bits per heavy atom. The van der Waals surface area contributed by atoms with Gasteiger partial charge in [-0.1, -0.05) is 75.4 Å². The van der Waals surface area contributed by atoms with Crippen LogP contribution >= 0.6 is 7.82 Å². The number of aliphatic carboxylic acids is 1. The minimum atomic E-state index is -4.66. The maximum Gasteiger partial charge on any atom is 0.475 e. The van der Waals surface area contributed by atoms with Crippen LogP contribution in [0.25, 0.3) is 11.2 Å². The van der Waals surface area contributed by atoms with Gasteiger partial charge in [-0.25, -0.2) is 29.1 Å². The lowest BCUT2D eigenvalue weighted by atomic mass is 9.80. The molecule has 2 saturated heterocycles. The van der Waals surface area contributed by atoms with Gasteiger partial charge in [0, 0.05) is 30.6 Å². The fourth-order valence-corrected chi connectivity index (χ4v) is 14.0. The van der Waals surface area contributed by atoms with Crippen LogP contribution in [0.3, 0.4) is 0 Å². The molecule has 6 aromatic rings. The van der Waals surface area contributed by atoms with Gasteiger partial charge in [0.05, 0.1) is 59.3 Å². The van der Waals surface area contributed by atoms with Crippen LogP contribution in [0.15, 0.2) is 107 Å². The number of urea groups is 1. The molecule has 4 N–H and O–H groups in total. The molecule has 466 valence electrons. The van der Waals surface area contributed by atoms with Crippen LogP contribution in [0.2, 0.25) is 18.1 Å². The van der Waals surface area contributed by atoms with Crippen molar-refractivity contribution < 1.29 is 70.5 Å². The summed E-state index contributed by atoms with van der Waals surface area (Å²) < 4.78 is 82.6. The molecular formula is C60H75N8O17PSi. The molecule has 25 nitrogen and oxygen atoms in total. The third-order valence-corrected chi connectivity index (χ3v) is 22.9. The van der Waals surface area contributed by atoms with Crippen LogP contribution in [0.4, 0.5) is 10.6 Å². The summed E-state index contributed by atoms with van der Waals surface area (Å²) in [7, 11) is -3.99. The lowest BCUT2D eigenvalue weighted by Gasteiger charge is -2.39. The number of carboxylic acids is 1. The molecule has 6 heterocycles. The number of ether oxygens (including phenoxy) is 6. The number of hydrogen-bond acceptors (Lipinski definition) is 19. The molecule has 0 radical (unpaired) electrons. The molecule has 3 fully saturated rings. The van der Waals surface area contributed by atoms with Crippen molar-refractivity contribution in [2.45, 2.75) is 158 Å². The van der Waals surface area contributed by atoms with E-state index in [-0.39, 0.29) is 92.5 Å². The number of H-pyrrole nitrogens is 1. The number of rotatable bonds is 19. The van der Waals surface area contributed by atoms with E-state index in [1.807, 2.05) is 78.9 Å². The SMILES string of the molecule is COc1ccc(C(OC[C@H]2O[C@@H](n3cnc4c(NC(=O)NC5CCC(OC(=O)CCC(=O)O)CC5)ncnc43)C[C@@H]2OP2(=O)OCCCc3cn(c(=O)[nH]c3=O)[C@H]3C[C@H](O[Si](C)(C)C(C)(C)C)[C@@H](CO2)O3)(c2ccccc2)c2ccc(OC)cc2)cc1. The molecule has 2 amide bonds. The molecule has 3 aliphatic heterocycles. The number of esters is 1. The van der Waals surface area contributed by atoms with Gasteiger partial charge in [0.2, 0.25) is 0 Å². The van der Waals surface area contributed by atoms with Crippen molar-refractivity contribution in [2.75, 3.05) is 39.4 Å². The quantitative estimate of drug-likeness (QED) is 0.0255. The number of aromatic amines is 1. The Morgan fingerprint density at radius 3 is 2.13 bits per heavy atom. The predicted octanol–water partition coefficient (Wildman–Crippen LogP) is 8.68. The molecule has 3 aromatic carbocycles. The van der Waals surface area contributed by atoms with Crippen molar-refractivity contribution in [2.24, 2.45) is 0 Å². The predicted molar refractivity (Wildman–Crippen MR) is 318 cm³/mol. The van der Waals surface area contributed by atoms with E-state index < -0.39 is 87.8 Å². The fraction of sp³-hybridized carbons (Fsp3) is 0.500. The number of carboxylic acid groups (broad SMARTS) is 1. The molecule has 1 saturated carbocycles. The number of hydrogen-bond donors (Lipinski definition) is 4. The minimum absolute atomic E-state index is 0.00758. The summed E-state index contributed by atoms with van der Waals surface area (Å²) in [6.45, 7) is 9.82. The number of phosphoric ester groups is 1. The zero-order valence-electron chi connectivity index (χ0n) is 49.7. The van der Waals surface area contributed by atoms with Crippen molar-refractivity contribution in [1.29, 1.82) is 0 Å². The molecule has 0 spiro atoms. The largest absolute Gasteiger partial charge is 0.497 e. The maximum absolute atomic E-state index is 15.7. The number of imidazole rings is 1. The summed E-state index contributed by atoms with van der Waals surface area (Å²) in [4.78, 5) is 79.3. The average Bonchev–Trinajstić information content (AvgIpc) is 1.58. The fourth-order valence-electron chi connectivity index (χ4n) is 11.2. The number of aryl methyl sites for hydroxylation is 1. The van der Waals surface area contributed by atoms with E-state index in [4.69, 9.17) is 51.5 Å². The number of fused-ring (bicyclic) bond motifs is 6. The molecule has 87 heavy (non-hydrogen) atoms. The van der Waals surface area contributed by atoms with E-state index in [2.05, 4.69) is 64.4 Å². The first-order chi connectivity index (χ1) is 41.6. The van der Waals surface area contributed by atoms with Gasteiger partial charge >= 0.3 is 31.5 Å². The average molecular weight is 1240 g/mol. The third kappa shape index (κ3) is 14.4. The van der Waals surface area contributed by atoms with Gasteiger partial charge in [-0.05, 0) is 97.6 Å². The van der Waals surface area contributed by atoms with Crippen LogP contribution in [0, 0.1) is 0 Å². The van der Waals surface area contributed by atoms with E-state index in [1.54, 1.807) is 18.8 Å². The smallest absolute Gasteiger partial charge is 0.475 e. The highest BCUT2D eigenvalue weighted by molar-refractivity contribution is 7.48. The molecule has 1 unspecified atom stereocenters. The molecular weight excluding hydrogens is 1160 g/mol. The summed E-state index contributed by atoms with van der Waals surface area (Å²) >= 11 is 0. The number of carbonyl (C=O) groups is 3. The monoisotopic (exact) mass is 1240 g/mol. The Morgan fingerprint density at radius 1 is 0.816 bits per heavy atom. The highest BCUT2D eigenvalue weighted by atomic mass is 31.2. The van der Waals surface area contributed by atoms with Gasteiger partial charge in [-0.2, -0.15) is 0 Å². The van der Waals surface area contributed by atoms with Gasteiger partial charge in [-0.15, -0.1) is 0 Å². The van der Waals surface area contributed by atoms with Crippen LogP contribution in [-0.4, -0.2) is 131 Å². The van der Waals surface area contributed by atoms with E-state index in [0.717, 1.165) is 16.7 Å². The van der Waals surface area contributed by atoms with Crippen LogP contribution < -0.4 is 31.4 Å². The number of amides is 2. The number of benzene rings is 3. The molecule has 27 heteroatoms. The standard InChI is InChI=1S/C60H75N8O17PSi/c1-59(2,3)87(6,7)85-46-31-49-67-32-37(56(72)66-58(67)74)12-11-29-79-86(75,80-34-48(46)83-49)84-45-30-50(68-36-63-53-54(61-35-62-55(53)68)65-57(73)64-41-19-25-44(26-20-41)81-52(71)28-27-51(69)70)82-47(45)33-78-60(38-13-9-8-10-14-38,39-15-21-42(76-4)22-16-39)40-17-23-43(77-5)24-18-40/h8-10,13-18,21-24,32,35-36,41,44-50H,11-12,19-20,25-31,33-34H2,1-7H3,(H,69,70)(H,66,72,74)(H2,61,62,64,65,73)/t41?,44?,45-,46-,47+,48+,49+,50+,86?/m0/s1. The lowest BCUT2D eigenvalue weighted by Crippen LogP contribution is -2.46. The topological polar surface area (TPSA) is 303 Å². The maximum atomic E-state index is 15.7. The van der Waals surface area contributed by atoms with E-state index >= 15 is 4.57 Å². The number of nitrogens with one attached hydrogen (secondary N) is 3. The Balaban J connectivity index is 0.962. The van der Waals surface area contributed by atoms with Gasteiger partial charge < -0.3 is 43.3 Å². The normalized spacial score (nSPS) is 24.5. The number of carbonyl (C=O) groups excluding carboxylic acids is 2. The van der Waals surface area contributed by atoms with E-state index in [1.165, 1.54) is 23.4 Å². The van der Waals surface area contributed by atoms with Crippen molar-refractivity contribution >= 4 is 51.1 Å². The first-order valence-corrected chi connectivity index (χ1v) is 33.6. The van der Waals surface area contributed by atoms with Crippen molar-refractivity contribution in [1.82, 2.24) is 34.4 Å². The highest BCUT2D eigenvalue weighted by Crippen LogP contribution is 2.55. The lowest BCUT2D eigenvalue weighted by molar-refractivity contribution is -0.153. The summed E-state index contributed by atoms with van der Waals surface area (Å²) in [6.07, 6.45) is 0.537. The second kappa shape index (κ2) is 26.7. The van der Waals surface area contributed by atoms with Crippen LogP contribution in [0.1, 0.15) is 113 Å². The summed E-state index contributed by atoms with van der Waals surface area (Å²) in [6, 6.07) is 24.0. The van der Waals surface area contributed by atoms with E-state index in [9.17, 15) is 24.0 Å². The number of methoxy groups -OCH3 is 2. The molecule has 4 bridgehead atoms. The van der Waals surface area contributed by atoms with Crippen molar-refractivity contribution in [3.63, 3.8) is 0 Å². The second-order valence-electron chi connectivity index (χ2n) is 23.6. The Kier molecular flexibility index (Phi) is 19.3. The first-order valence-electron chi connectivity index (χ1n) is 29.2. The summed E-state index contributed by atoms with van der Waals surface area (Å²) in [5.74, 6) is -0.296. The van der Waals surface area contributed by atoms with Crippen LogP contribution in [0.5, 0.6) is 11.5 Å². The number of anilines is 1. The van der Waals surface area contributed by atoms with E-state index in [0.29, 0.717) is 42.7 Å². The van der Waals surface area contributed by atoms with Crippen molar-refractivity contribution in [3.05, 3.63) is 141 Å². The number of aromatic nitrogens is 6. The van der Waals surface area contributed by atoms with Gasteiger partial charge in [0.25, 0.3) is 5.56 Å². The zero-order chi connectivity index (χ0) is 61.7. The van der Waals surface area contributed by atoms with Crippen molar-refractivity contribution in [3.8, 4) is 11.5 Å². The molecule has 1 aliphatic carbocycles. The third-order valence-electron chi connectivity index (χ3n) is 16.9. The zero-order valence-corrected chi connectivity index (χ0v) is 51.6.